The number of carboxylic acid groups (broad SMARTS) is 1. The van der Waals surface area contributed by atoms with Gasteiger partial charge in [-0.2, -0.15) is 11.8 Å². The van der Waals surface area contributed by atoms with Crippen molar-refractivity contribution in [2.75, 3.05) is 19.6 Å². The number of carboxylic acids is 1. The number of amides is 2. The molecule has 2 rings (SSSR count). The zero-order valence-electron chi connectivity index (χ0n) is 12.5. The molecule has 0 aromatic heterocycles. The molecule has 2 amide bonds. The minimum absolute atomic E-state index is 0.0919. The first-order valence-corrected chi connectivity index (χ1v) is 8.30. The molecule has 20 heavy (non-hydrogen) atoms. The molecular weight excluding hydrogens is 276 g/mol. The van der Waals surface area contributed by atoms with Gasteiger partial charge in [-0.3, -0.25) is 0 Å². The quantitative estimate of drug-likeness (QED) is 0.850. The lowest BCUT2D eigenvalue weighted by Gasteiger charge is -2.41. The Morgan fingerprint density at radius 3 is 2.40 bits per heavy atom. The van der Waals surface area contributed by atoms with Crippen LogP contribution in [0.2, 0.25) is 0 Å². The first-order valence-electron chi connectivity index (χ1n) is 7.36. The van der Waals surface area contributed by atoms with E-state index < -0.39 is 11.5 Å². The van der Waals surface area contributed by atoms with Gasteiger partial charge in [-0.15, -0.1) is 0 Å². The van der Waals surface area contributed by atoms with Crippen LogP contribution in [0.3, 0.4) is 0 Å². The SMILES string of the molecule is CCC1(C(=O)O)CCCN1C(=O)N1CC(C)SC(C)C1. The van der Waals surface area contributed by atoms with E-state index in [1.54, 1.807) is 4.90 Å². The molecule has 0 aromatic carbocycles. The molecule has 3 unspecified atom stereocenters. The molecule has 6 heteroatoms. The molecule has 2 heterocycles. The average Bonchev–Trinajstić information content (AvgIpc) is 2.81. The first kappa shape index (κ1) is 15.5. The summed E-state index contributed by atoms with van der Waals surface area (Å²) in [6.45, 7) is 8.08. The van der Waals surface area contributed by atoms with Gasteiger partial charge in [0.25, 0.3) is 0 Å². The van der Waals surface area contributed by atoms with Crippen molar-refractivity contribution in [1.29, 1.82) is 0 Å². The lowest BCUT2D eigenvalue weighted by Crippen LogP contribution is -2.58. The highest BCUT2D eigenvalue weighted by atomic mass is 32.2. The van der Waals surface area contributed by atoms with Crippen molar-refractivity contribution in [3.8, 4) is 0 Å². The highest BCUT2D eigenvalue weighted by Crippen LogP contribution is 2.35. The number of aliphatic carboxylic acids is 1. The highest BCUT2D eigenvalue weighted by Gasteiger charge is 2.50. The molecule has 5 nitrogen and oxygen atoms in total. The van der Waals surface area contributed by atoms with Gasteiger partial charge in [0.15, 0.2) is 0 Å². The van der Waals surface area contributed by atoms with Crippen LogP contribution in [-0.4, -0.2) is 62.6 Å². The zero-order chi connectivity index (χ0) is 14.9. The molecule has 2 fully saturated rings. The van der Waals surface area contributed by atoms with Crippen LogP contribution in [0.5, 0.6) is 0 Å². The van der Waals surface area contributed by atoms with Crippen molar-refractivity contribution >= 4 is 23.8 Å². The molecule has 114 valence electrons. The maximum atomic E-state index is 12.7. The van der Waals surface area contributed by atoms with Crippen LogP contribution in [0.25, 0.3) is 0 Å². The highest BCUT2D eigenvalue weighted by molar-refractivity contribution is 8.00. The molecule has 0 saturated carbocycles. The fourth-order valence-corrected chi connectivity index (χ4v) is 4.73. The Kier molecular flexibility index (Phi) is 4.52. The summed E-state index contributed by atoms with van der Waals surface area (Å²) in [6, 6.07) is -0.0919. The van der Waals surface area contributed by atoms with Gasteiger partial charge in [0.1, 0.15) is 5.54 Å². The van der Waals surface area contributed by atoms with Gasteiger partial charge in [-0.05, 0) is 19.3 Å². The van der Waals surface area contributed by atoms with Crippen molar-refractivity contribution in [1.82, 2.24) is 9.80 Å². The van der Waals surface area contributed by atoms with E-state index in [0.29, 0.717) is 43.0 Å². The molecule has 0 aromatic rings. The smallest absolute Gasteiger partial charge is 0.329 e. The second kappa shape index (κ2) is 5.84. The van der Waals surface area contributed by atoms with E-state index in [2.05, 4.69) is 13.8 Å². The standard InChI is InChI=1S/C14H24N2O3S/c1-4-14(12(17)18)6-5-7-16(14)13(19)15-8-10(2)20-11(3)9-15/h10-11H,4-9H2,1-3H3,(H,17,18). The summed E-state index contributed by atoms with van der Waals surface area (Å²) in [5, 5.41) is 10.4. The molecule has 1 N–H and O–H groups in total. The molecule has 0 radical (unpaired) electrons. The normalized spacial score (nSPS) is 34.4. The number of rotatable bonds is 2. The number of carbonyl (C=O) groups is 2. The van der Waals surface area contributed by atoms with Crippen LogP contribution >= 0.6 is 11.8 Å². The minimum atomic E-state index is -0.992. The molecule has 0 aliphatic carbocycles. The summed E-state index contributed by atoms with van der Waals surface area (Å²) >= 11 is 1.89. The monoisotopic (exact) mass is 300 g/mol. The van der Waals surface area contributed by atoms with Crippen LogP contribution in [-0.2, 0) is 4.79 Å². The van der Waals surface area contributed by atoms with Crippen LogP contribution in [0.4, 0.5) is 4.79 Å². The fourth-order valence-electron chi connectivity index (χ4n) is 3.40. The fraction of sp³-hybridized carbons (Fsp3) is 0.857. The lowest BCUT2D eigenvalue weighted by atomic mass is 9.93. The van der Waals surface area contributed by atoms with Crippen LogP contribution in [0.1, 0.15) is 40.0 Å². The predicted octanol–water partition coefficient (Wildman–Crippen LogP) is 2.26. The summed E-state index contributed by atoms with van der Waals surface area (Å²) in [7, 11) is 0. The zero-order valence-corrected chi connectivity index (χ0v) is 13.3. The molecule has 2 aliphatic heterocycles. The average molecular weight is 300 g/mol. The van der Waals surface area contributed by atoms with E-state index in [9.17, 15) is 14.7 Å². The number of urea groups is 1. The van der Waals surface area contributed by atoms with Crippen LogP contribution in [0, 0.1) is 0 Å². The number of hydrogen-bond donors (Lipinski definition) is 1. The number of thioether (sulfide) groups is 1. The topological polar surface area (TPSA) is 60.9 Å². The van der Waals surface area contributed by atoms with E-state index in [1.165, 1.54) is 0 Å². The van der Waals surface area contributed by atoms with E-state index in [4.69, 9.17) is 0 Å². The molecular formula is C14H24N2O3S. The van der Waals surface area contributed by atoms with Crippen molar-refractivity contribution in [2.45, 2.75) is 56.1 Å². The van der Waals surface area contributed by atoms with E-state index in [-0.39, 0.29) is 6.03 Å². The largest absolute Gasteiger partial charge is 0.479 e. The number of carbonyl (C=O) groups excluding carboxylic acids is 1. The first-order chi connectivity index (χ1) is 9.40. The van der Waals surface area contributed by atoms with Crippen molar-refractivity contribution in [2.24, 2.45) is 0 Å². The van der Waals surface area contributed by atoms with E-state index >= 15 is 0 Å². The summed E-state index contributed by atoms with van der Waals surface area (Å²) in [5.74, 6) is -0.863. The summed E-state index contributed by atoms with van der Waals surface area (Å²) in [5.41, 5.74) is -0.992. The number of nitrogens with zero attached hydrogens (tertiary/aromatic N) is 2. The maximum Gasteiger partial charge on any atom is 0.329 e. The van der Waals surface area contributed by atoms with Crippen LogP contribution < -0.4 is 0 Å². The van der Waals surface area contributed by atoms with Crippen molar-refractivity contribution in [3.05, 3.63) is 0 Å². The van der Waals surface area contributed by atoms with Crippen molar-refractivity contribution < 1.29 is 14.7 Å². The number of likely N-dealkylation sites (tertiary alicyclic amines) is 1. The Bertz CT molecular complexity index is 394. The Labute approximate surface area is 124 Å². The summed E-state index contributed by atoms with van der Waals surface area (Å²) in [6.07, 6.45) is 1.82. The Hall–Kier alpha value is -0.910. The van der Waals surface area contributed by atoms with Crippen molar-refractivity contribution in [3.63, 3.8) is 0 Å². The molecule has 2 saturated heterocycles. The third-order valence-electron chi connectivity index (χ3n) is 4.39. The second-order valence-corrected chi connectivity index (χ2v) is 7.77. The summed E-state index contributed by atoms with van der Waals surface area (Å²) in [4.78, 5) is 27.9. The lowest BCUT2D eigenvalue weighted by molar-refractivity contribution is -0.148. The Morgan fingerprint density at radius 1 is 1.30 bits per heavy atom. The molecule has 2 aliphatic rings. The van der Waals surface area contributed by atoms with Gasteiger partial charge < -0.3 is 14.9 Å². The van der Waals surface area contributed by atoms with Gasteiger partial charge in [0, 0.05) is 30.1 Å². The van der Waals surface area contributed by atoms with Gasteiger partial charge in [0.2, 0.25) is 0 Å². The van der Waals surface area contributed by atoms with E-state index in [0.717, 1.165) is 6.42 Å². The van der Waals surface area contributed by atoms with Gasteiger partial charge >= 0.3 is 12.0 Å². The van der Waals surface area contributed by atoms with Gasteiger partial charge in [-0.1, -0.05) is 20.8 Å². The third-order valence-corrected chi connectivity index (χ3v) is 5.62. The number of hydrogen-bond acceptors (Lipinski definition) is 3. The molecule has 0 spiro atoms. The summed E-state index contributed by atoms with van der Waals surface area (Å²) < 4.78 is 0. The van der Waals surface area contributed by atoms with Gasteiger partial charge in [0.05, 0.1) is 0 Å². The molecule has 3 atom stereocenters. The minimum Gasteiger partial charge on any atom is -0.479 e. The third kappa shape index (κ3) is 2.62. The predicted molar refractivity (Wildman–Crippen MR) is 80.1 cm³/mol. The Morgan fingerprint density at radius 2 is 1.90 bits per heavy atom. The van der Waals surface area contributed by atoms with E-state index in [1.807, 2.05) is 23.6 Å². The van der Waals surface area contributed by atoms with Crippen LogP contribution in [0.15, 0.2) is 0 Å². The van der Waals surface area contributed by atoms with Gasteiger partial charge in [-0.25, -0.2) is 9.59 Å². The maximum absolute atomic E-state index is 12.7. The second-order valence-electron chi connectivity index (χ2n) is 5.89. The Balaban J connectivity index is 2.17. The molecule has 0 bridgehead atoms.